The fourth-order valence-electron chi connectivity index (χ4n) is 1.69. The lowest BCUT2D eigenvalue weighted by Crippen LogP contribution is -2.32. The van der Waals surface area contributed by atoms with Crippen molar-refractivity contribution in [1.82, 2.24) is 4.98 Å². The lowest BCUT2D eigenvalue weighted by molar-refractivity contribution is -0.696. The zero-order valence-corrected chi connectivity index (χ0v) is 9.63. The van der Waals surface area contributed by atoms with Crippen LogP contribution in [0.25, 0.3) is 11.3 Å². The van der Waals surface area contributed by atoms with Gasteiger partial charge < -0.3 is 0 Å². The molecule has 2 nitrogen and oxygen atoms in total. The van der Waals surface area contributed by atoms with Gasteiger partial charge in [0.1, 0.15) is 6.54 Å². The Morgan fingerprint density at radius 3 is 2.88 bits per heavy atom. The highest BCUT2D eigenvalue weighted by Crippen LogP contribution is 2.12. The fourth-order valence-corrected chi connectivity index (χ4v) is 1.69. The summed E-state index contributed by atoms with van der Waals surface area (Å²) in [6, 6.07) is 10.2. The quantitative estimate of drug-likeness (QED) is 0.714. The molecular formula is C14H17N2+. The summed E-state index contributed by atoms with van der Waals surface area (Å²) in [5.41, 5.74) is 2.22. The molecule has 0 saturated heterocycles. The minimum atomic E-state index is 1.04. The van der Waals surface area contributed by atoms with E-state index in [1.165, 1.54) is 18.4 Å². The van der Waals surface area contributed by atoms with E-state index in [0.29, 0.717) is 0 Å². The molecule has 2 heteroatoms. The summed E-state index contributed by atoms with van der Waals surface area (Å²) in [5.74, 6) is 0. The van der Waals surface area contributed by atoms with Gasteiger partial charge in [-0.2, -0.15) is 0 Å². The number of aryl methyl sites for hydroxylation is 1. The lowest BCUT2D eigenvalue weighted by atomic mass is 10.2. The van der Waals surface area contributed by atoms with Gasteiger partial charge in [0.15, 0.2) is 12.4 Å². The summed E-state index contributed by atoms with van der Waals surface area (Å²) in [6.07, 6.45) is 8.55. The summed E-state index contributed by atoms with van der Waals surface area (Å²) >= 11 is 0. The molecule has 0 atom stereocenters. The largest absolute Gasteiger partial charge is 0.256 e. The molecule has 0 unspecified atom stereocenters. The molecule has 2 heterocycles. The van der Waals surface area contributed by atoms with Crippen LogP contribution < -0.4 is 4.57 Å². The number of unbranched alkanes of at least 4 members (excludes halogenated alkanes) is 1. The molecule has 2 aromatic heterocycles. The van der Waals surface area contributed by atoms with Gasteiger partial charge in [0.2, 0.25) is 0 Å². The zero-order chi connectivity index (χ0) is 11.2. The molecule has 0 radical (unpaired) electrons. The van der Waals surface area contributed by atoms with Crippen LogP contribution in [0.5, 0.6) is 0 Å². The Labute approximate surface area is 96.6 Å². The third-order valence-corrected chi connectivity index (χ3v) is 2.59. The number of aromatic nitrogens is 2. The molecular weight excluding hydrogens is 196 g/mol. The molecule has 0 aliphatic rings. The number of hydrogen-bond acceptors (Lipinski definition) is 1. The van der Waals surface area contributed by atoms with Gasteiger partial charge in [0, 0.05) is 18.7 Å². The van der Waals surface area contributed by atoms with E-state index in [1.807, 2.05) is 24.4 Å². The average molecular weight is 213 g/mol. The van der Waals surface area contributed by atoms with E-state index in [0.717, 1.165) is 12.2 Å². The third-order valence-electron chi connectivity index (χ3n) is 2.59. The third kappa shape index (κ3) is 2.66. The Bertz CT molecular complexity index is 437. The standard InChI is InChI=1S/C14H17N2/c1-2-3-10-16-11-6-7-13(12-16)14-8-4-5-9-15-14/h4-9,11-12H,2-3,10H2,1H3/q+1. The first kappa shape index (κ1) is 10.8. The van der Waals surface area contributed by atoms with Crippen LogP contribution in [-0.4, -0.2) is 4.98 Å². The summed E-state index contributed by atoms with van der Waals surface area (Å²) in [4.78, 5) is 4.36. The first-order valence-electron chi connectivity index (χ1n) is 5.80. The van der Waals surface area contributed by atoms with Crippen LogP contribution in [0.1, 0.15) is 19.8 Å². The summed E-state index contributed by atoms with van der Waals surface area (Å²) in [6.45, 7) is 3.29. The molecule has 0 aliphatic heterocycles. The molecule has 0 spiro atoms. The van der Waals surface area contributed by atoms with Crippen LogP contribution in [0.3, 0.4) is 0 Å². The van der Waals surface area contributed by atoms with Crippen molar-refractivity contribution >= 4 is 0 Å². The predicted molar refractivity (Wildman–Crippen MR) is 64.8 cm³/mol. The van der Waals surface area contributed by atoms with Gasteiger partial charge >= 0.3 is 0 Å². The van der Waals surface area contributed by atoms with E-state index in [4.69, 9.17) is 0 Å². The minimum absolute atomic E-state index is 1.04. The molecule has 0 aliphatic carbocycles. The highest BCUT2D eigenvalue weighted by Gasteiger charge is 2.04. The molecule has 0 bridgehead atoms. The molecule has 0 fully saturated rings. The van der Waals surface area contributed by atoms with Crippen molar-refractivity contribution in [2.24, 2.45) is 0 Å². The molecule has 16 heavy (non-hydrogen) atoms. The maximum atomic E-state index is 4.36. The van der Waals surface area contributed by atoms with Gasteiger partial charge in [-0.15, -0.1) is 0 Å². The van der Waals surface area contributed by atoms with Gasteiger partial charge in [0.25, 0.3) is 0 Å². The van der Waals surface area contributed by atoms with Crippen molar-refractivity contribution in [3.05, 3.63) is 48.9 Å². The van der Waals surface area contributed by atoms with Gasteiger partial charge in [0.05, 0.1) is 11.3 Å². The first-order valence-corrected chi connectivity index (χ1v) is 5.80. The van der Waals surface area contributed by atoms with Crippen molar-refractivity contribution in [2.45, 2.75) is 26.3 Å². The van der Waals surface area contributed by atoms with Crippen LogP contribution in [-0.2, 0) is 6.54 Å². The maximum absolute atomic E-state index is 4.36. The molecule has 82 valence electrons. The maximum Gasteiger partial charge on any atom is 0.178 e. The number of rotatable bonds is 4. The molecule has 2 rings (SSSR count). The summed E-state index contributed by atoms with van der Waals surface area (Å²) in [7, 11) is 0. The second-order valence-electron chi connectivity index (χ2n) is 3.90. The van der Waals surface area contributed by atoms with Gasteiger partial charge in [-0.1, -0.05) is 19.4 Å². The Morgan fingerprint density at radius 2 is 2.12 bits per heavy atom. The van der Waals surface area contributed by atoms with E-state index in [2.05, 4.69) is 41.0 Å². The lowest BCUT2D eigenvalue weighted by Gasteiger charge is -1.99. The van der Waals surface area contributed by atoms with E-state index in [-0.39, 0.29) is 0 Å². The summed E-state index contributed by atoms with van der Waals surface area (Å²) in [5, 5.41) is 0. The second-order valence-corrected chi connectivity index (χ2v) is 3.90. The van der Waals surface area contributed by atoms with Crippen molar-refractivity contribution in [3.63, 3.8) is 0 Å². The Morgan fingerprint density at radius 1 is 1.19 bits per heavy atom. The Balaban J connectivity index is 2.22. The Hall–Kier alpha value is -1.70. The summed E-state index contributed by atoms with van der Waals surface area (Å²) < 4.78 is 2.23. The van der Waals surface area contributed by atoms with Crippen LogP contribution >= 0.6 is 0 Å². The zero-order valence-electron chi connectivity index (χ0n) is 9.63. The van der Waals surface area contributed by atoms with E-state index in [1.54, 1.807) is 0 Å². The number of hydrogen-bond donors (Lipinski definition) is 0. The van der Waals surface area contributed by atoms with Crippen molar-refractivity contribution in [2.75, 3.05) is 0 Å². The topological polar surface area (TPSA) is 16.8 Å². The van der Waals surface area contributed by atoms with Crippen LogP contribution in [0, 0.1) is 0 Å². The second kappa shape index (κ2) is 5.40. The Kier molecular flexibility index (Phi) is 3.65. The van der Waals surface area contributed by atoms with Crippen LogP contribution in [0.4, 0.5) is 0 Å². The first-order chi connectivity index (χ1) is 7.90. The molecule has 0 N–H and O–H groups in total. The van der Waals surface area contributed by atoms with Crippen molar-refractivity contribution in [1.29, 1.82) is 0 Å². The van der Waals surface area contributed by atoms with E-state index in [9.17, 15) is 0 Å². The van der Waals surface area contributed by atoms with Crippen molar-refractivity contribution < 1.29 is 4.57 Å². The van der Waals surface area contributed by atoms with Gasteiger partial charge in [-0.05, 0) is 18.2 Å². The average Bonchev–Trinajstić information content (AvgIpc) is 2.38. The van der Waals surface area contributed by atoms with Gasteiger partial charge in [-0.25, -0.2) is 4.57 Å². The number of nitrogens with zero attached hydrogens (tertiary/aromatic N) is 2. The highest BCUT2D eigenvalue weighted by molar-refractivity contribution is 5.56. The molecule has 0 aromatic carbocycles. The van der Waals surface area contributed by atoms with E-state index < -0.39 is 0 Å². The SMILES string of the molecule is CCCC[n+]1cccc(-c2ccccn2)c1. The molecule has 0 amide bonds. The highest BCUT2D eigenvalue weighted by atomic mass is 14.9. The number of pyridine rings is 2. The smallest absolute Gasteiger partial charge is 0.178 e. The molecule has 0 saturated carbocycles. The normalized spacial score (nSPS) is 10.3. The monoisotopic (exact) mass is 213 g/mol. The van der Waals surface area contributed by atoms with Crippen LogP contribution in [0.2, 0.25) is 0 Å². The fraction of sp³-hybridized carbons (Fsp3) is 0.286. The van der Waals surface area contributed by atoms with Gasteiger partial charge in [-0.3, -0.25) is 4.98 Å². The van der Waals surface area contributed by atoms with E-state index >= 15 is 0 Å². The predicted octanol–water partition coefficient (Wildman–Crippen LogP) is 2.84. The van der Waals surface area contributed by atoms with Crippen LogP contribution in [0.15, 0.2) is 48.9 Å². The van der Waals surface area contributed by atoms with Crippen molar-refractivity contribution in [3.8, 4) is 11.3 Å². The minimum Gasteiger partial charge on any atom is -0.256 e. The molecule has 2 aromatic rings.